The Bertz CT molecular complexity index is 159. The first-order valence-electron chi connectivity index (χ1n) is 6.64. The molecule has 0 atom stereocenters. The molecule has 0 aromatic carbocycles. The molecule has 108 valence electrons. The molecule has 0 saturated carbocycles. The van der Waals surface area contributed by atoms with E-state index in [2.05, 4.69) is 14.4 Å². The Morgan fingerprint density at radius 3 is 1.44 bits per heavy atom. The zero-order valence-electron chi connectivity index (χ0n) is 13.2. The molecule has 0 bridgehead atoms. The lowest BCUT2D eigenvalue weighted by Gasteiger charge is -1.47. The minimum absolute atomic E-state index is 1.38. The fraction of sp³-hybridized carbons (Fsp3) is 0.571. The van der Waals surface area contributed by atoms with Crippen molar-refractivity contribution in [2.75, 3.05) is 0 Å². The van der Waals surface area contributed by atoms with Gasteiger partial charge in [0.25, 0.3) is 0 Å². The molecule has 0 radical (unpaired) electrons. The van der Waals surface area contributed by atoms with Crippen LogP contribution in [0.3, 0.4) is 0 Å². The number of hydrogen-bond acceptors (Lipinski definition) is 4. The van der Waals surface area contributed by atoms with E-state index in [9.17, 15) is 0 Å². The van der Waals surface area contributed by atoms with Gasteiger partial charge in [0.05, 0.1) is 11.7 Å². The van der Waals surface area contributed by atoms with Crippen molar-refractivity contribution in [2.24, 2.45) is 0 Å². The Hall–Kier alpha value is -1.16. The van der Waals surface area contributed by atoms with Gasteiger partial charge in [-0.1, -0.05) is 55.4 Å². The van der Waals surface area contributed by atoms with Crippen molar-refractivity contribution < 1.29 is 4.42 Å². The molecule has 0 saturated heterocycles. The first-order chi connectivity index (χ1) is 9.00. The maximum Gasteiger partial charge on any atom is 0.180 e. The van der Waals surface area contributed by atoms with Gasteiger partial charge >= 0.3 is 0 Å². The summed E-state index contributed by atoms with van der Waals surface area (Å²) in [6, 6.07) is 0. The molecule has 0 aliphatic carbocycles. The highest BCUT2D eigenvalue weighted by Crippen LogP contribution is 1.85. The van der Waals surface area contributed by atoms with Crippen LogP contribution in [-0.2, 0) is 0 Å². The van der Waals surface area contributed by atoms with E-state index >= 15 is 0 Å². The van der Waals surface area contributed by atoms with Gasteiger partial charge in [-0.25, -0.2) is 4.98 Å². The molecule has 0 N–H and O–H groups in total. The number of oxazole rings is 1. The molecule has 2 rings (SSSR count). The van der Waals surface area contributed by atoms with Crippen molar-refractivity contribution in [3.05, 3.63) is 35.9 Å². The smallest absolute Gasteiger partial charge is 0.180 e. The Morgan fingerprint density at radius 2 is 1.33 bits per heavy atom. The van der Waals surface area contributed by atoms with Gasteiger partial charge in [0, 0.05) is 11.6 Å². The van der Waals surface area contributed by atoms with Crippen LogP contribution in [0.4, 0.5) is 0 Å². The largest absolute Gasteiger partial charge is 0.452 e. The van der Waals surface area contributed by atoms with Crippen LogP contribution in [0.15, 0.2) is 40.4 Å². The van der Waals surface area contributed by atoms with Gasteiger partial charge in [0.2, 0.25) is 0 Å². The monoisotopic (exact) mass is 274 g/mol. The minimum Gasteiger partial charge on any atom is -0.452 e. The molecule has 18 heavy (non-hydrogen) atoms. The van der Waals surface area contributed by atoms with E-state index in [1.165, 1.54) is 12.7 Å². The van der Waals surface area contributed by atoms with Gasteiger partial charge in [-0.3, -0.25) is 4.98 Å². The van der Waals surface area contributed by atoms with Crippen LogP contribution in [0.2, 0.25) is 0 Å². The lowest BCUT2D eigenvalue weighted by Crippen LogP contribution is -1.38. The third-order valence-electron chi connectivity index (χ3n) is 0.694. The number of rotatable bonds is 0. The van der Waals surface area contributed by atoms with E-state index in [4.69, 9.17) is 0 Å². The molecule has 0 spiro atoms. The minimum atomic E-state index is 1.38. The van der Waals surface area contributed by atoms with Crippen molar-refractivity contribution in [1.29, 1.82) is 0 Å². The predicted molar refractivity (Wildman–Crippen MR) is 84.0 cm³/mol. The van der Waals surface area contributed by atoms with Crippen molar-refractivity contribution in [1.82, 2.24) is 9.97 Å². The zero-order valence-corrected chi connectivity index (χ0v) is 14.0. The molecule has 0 aliphatic heterocycles. The summed E-state index contributed by atoms with van der Waals surface area (Å²) in [5.74, 6) is 0. The highest BCUT2D eigenvalue weighted by atomic mass is 32.1. The van der Waals surface area contributed by atoms with Crippen LogP contribution >= 0.6 is 11.3 Å². The average Bonchev–Trinajstić information content (AvgIpc) is 3.25. The molecule has 2 heterocycles. The molecule has 3 nitrogen and oxygen atoms in total. The van der Waals surface area contributed by atoms with Crippen LogP contribution in [-0.4, -0.2) is 9.97 Å². The summed E-state index contributed by atoms with van der Waals surface area (Å²) in [6.07, 6.45) is 6.24. The van der Waals surface area contributed by atoms with Crippen LogP contribution in [0.5, 0.6) is 0 Å². The quantitative estimate of drug-likeness (QED) is 0.598. The summed E-state index contributed by atoms with van der Waals surface area (Å²) < 4.78 is 4.47. The van der Waals surface area contributed by atoms with Gasteiger partial charge in [0.15, 0.2) is 6.39 Å². The molecular weight excluding hydrogens is 244 g/mol. The Kier molecular flexibility index (Phi) is 63.6. The number of aromatic nitrogens is 2. The second-order valence-corrected chi connectivity index (χ2v) is 2.11. The normalized spacial score (nSPS) is 5.78. The van der Waals surface area contributed by atoms with Crippen molar-refractivity contribution in [2.45, 2.75) is 55.4 Å². The van der Waals surface area contributed by atoms with Gasteiger partial charge in [0.1, 0.15) is 6.26 Å². The van der Waals surface area contributed by atoms with Gasteiger partial charge in [-0.15, -0.1) is 11.3 Å². The summed E-state index contributed by atoms with van der Waals surface area (Å²) in [6.45, 7) is 16.0. The Morgan fingerprint density at radius 1 is 0.778 bits per heavy atom. The first kappa shape index (κ1) is 25.6. The van der Waals surface area contributed by atoms with Crippen molar-refractivity contribution in [3.63, 3.8) is 0 Å². The summed E-state index contributed by atoms with van der Waals surface area (Å²) >= 11 is 1.60. The fourth-order valence-electron chi connectivity index (χ4n) is 0.351. The molecule has 0 fully saturated rings. The van der Waals surface area contributed by atoms with Gasteiger partial charge in [-0.2, -0.15) is 0 Å². The highest BCUT2D eigenvalue weighted by molar-refractivity contribution is 7.07. The fourth-order valence-corrected chi connectivity index (χ4v) is 0.703. The van der Waals surface area contributed by atoms with Crippen molar-refractivity contribution >= 4 is 11.3 Å². The highest BCUT2D eigenvalue weighted by Gasteiger charge is 1.60. The molecule has 0 unspecified atom stereocenters. The van der Waals surface area contributed by atoms with E-state index in [0.29, 0.717) is 0 Å². The second kappa shape index (κ2) is 44.6. The second-order valence-electron chi connectivity index (χ2n) is 1.35. The number of hydrogen-bond donors (Lipinski definition) is 0. The molecule has 0 aliphatic rings. The lowest BCUT2D eigenvalue weighted by atomic mass is 11.0. The van der Waals surface area contributed by atoms with Crippen LogP contribution in [0.25, 0.3) is 0 Å². The third-order valence-corrected chi connectivity index (χ3v) is 1.22. The number of thiazole rings is 1. The van der Waals surface area contributed by atoms with E-state index in [1.807, 2.05) is 60.8 Å². The topological polar surface area (TPSA) is 38.9 Å². The summed E-state index contributed by atoms with van der Waals surface area (Å²) in [4.78, 5) is 7.30. The van der Waals surface area contributed by atoms with Crippen LogP contribution in [0.1, 0.15) is 55.4 Å². The average molecular weight is 274 g/mol. The lowest BCUT2D eigenvalue weighted by molar-refractivity contribution is 0.558. The SMILES string of the molecule is CC.CC.CC.CC.c1cocn1.c1cscn1. The Labute approximate surface area is 117 Å². The molecule has 0 amide bonds. The van der Waals surface area contributed by atoms with E-state index in [0.717, 1.165) is 0 Å². The Balaban J connectivity index is -0.0000000713. The van der Waals surface area contributed by atoms with Crippen LogP contribution in [0, 0.1) is 0 Å². The summed E-state index contributed by atoms with van der Waals surface area (Å²) in [7, 11) is 0. The van der Waals surface area contributed by atoms with Gasteiger partial charge < -0.3 is 4.42 Å². The molecule has 2 aromatic rings. The maximum absolute atomic E-state index is 4.47. The van der Waals surface area contributed by atoms with Crippen LogP contribution < -0.4 is 0 Å². The van der Waals surface area contributed by atoms with Crippen molar-refractivity contribution in [3.8, 4) is 0 Å². The van der Waals surface area contributed by atoms with E-state index < -0.39 is 0 Å². The molecule has 2 aromatic heterocycles. The molecule has 4 heteroatoms. The summed E-state index contributed by atoms with van der Waals surface area (Å²) in [5, 5.41) is 1.93. The maximum atomic E-state index is 4.47. The summed E-state index contributed by atoms with van der Waals surface area (Å²) in [5.41, 5.74) is 1.79. The van der Waals surface area contributed by atoms with E-state index in [1.54, 1.807) is 29.2 Å². The standard InChI is InChI=1S/C3H3NO.C3H3NS.4C2H6/c2*1-2-5-3-4-1;4*1-2/h2*1-3H;4*1-2H3. The van der Waals surface area contributed by atoms with Gasteiger partial charge in [-0.05, 0) is 0 Å². The molecular formula is C14H30N2OS. The van der Waals surface area contributed by atoms with E-state index in [-0.39, 0.29) is 0 Å². The number of nitrogens with zero attached hydrogens (tertiary/aromatic N) is 2. The predicted octanol–water partition coefficient (Wildman–Crippen LogP) is 5.92. The third kappa shape index (κ3) is 36.4. The first-order valence-corrected chi connectivity index (χ1v) is 7.59. The zero-order chi connectivity index (χ0) is 15.1.